The SMILES string of the molecule is Cc1cc(NCc2cn(-c3ccc(C(=O)c4ccccc4)cc3)nn2)ccn1. The third-order valence-corrected chi connectivity index (χ3v) is 4.34. The zero-order chi connectivity index (χ0) is 19.3. The van der Waals surface area contributed by atoms with Gasteiger partial charge in [0.1, 0.15) is 5.69 Å². The average Bonchev–Trinajstić information content (AvgIpc) is 3.22. The fourth-order valence-corrected chi connectivity index (χ4v) is 2.88. The number of anilines is 1. The molecule has 0 radical (unpaired) electrons. The molecule has 0 saturated heterocycles. The smallest absolute Gasteiger partial charge is 0.193 e. The van der Waals surface area contributed by atoms with E-state index in [4.69, 9.17) is 0 Å². The van der Waals surface area contributed by atoms with E-state index in [1.807, 2.05) is 79.9 Å². The number of aromatic nitrogens is 4. The third-order valence-electron chi connectivity index (χ3n) is 4.34. The molecule has 2 aromatic carbocycles. The standard InChI is InChI=1S/C22H19N5O/c1-16-13-19(11-12-23-16)24-14-20-15-27(26-25-20)21-9-7-18(8-10-21)22(28)17-5-3-2-4-6-17/h2-13,15H,14H2,1H3,(H,23,24). The monoisotopic (exact) mass is 369 g/mol. The Morgan fingerprint density at radius 1 is 1.00 bits per heavy atom. The molecule has 0 saturated carbocycles. The fourth-order valence-electron chi connectivity index (χ4n) is 2.88. The van der Waals surface area contributed by atoms with Crippen molar-refractivity contribution in [3.63, 3.8) is 0 Å². The third kappa shape index (κ3) is 3.96. The molecule has 0 aliphatic carbocycles. The molecule has 0 spiro atoms. The molecule has 0 aliphatic heterocycles. The summed E-state index contributed by atoms with van der Waals surface area (Å²) in [5.41, 5.74) is 4.94. The maximum atomic E-state index is 12.5. The van der Waals surface area contributed by atoms with Gasteiger partial charge in [0.25, 0.3) is 0 Å². The lowest BCUT2D eigenvalue weighted by atomic mass is 10.0. The van der Waals surface area contributed by atoms with Crippen LogP contribution in [0, 0.1) is 6.92 Å². The van der Waals surface area contributed by atoms with Gasteiger partial charge in [-0.25, -0.2) is 4.68 Å². The number of rotatable bonds is 6. The number of hydrogen-bond acceptors (Lipinski definition) is 5. The number of nitrogens with one attached hydrogen (secondary N) is 1. The van der Waals surface area contributed by atoms with Gasteiger partial charge >= 0.3 is 0 Å². The molecule has 4 rings (SSSR count). The van der Waals surface area contributed by atoms with E-state index >= 15 is 0 Å². The van der Waals surface area contributed by atoms with E-state index in [0.29, 0.717) is 17.7 Å². The van der Waals surface area contributed by atoms with Crippen LogP contribution in [0.2, 0.25) is 0 Å². The van der Waals surface area contributed by atoms with Crippen molar-refractivity contribution >= 4 is 11.5 Å². The van der Waals surface area contributed by atoms with Crippen molar-refractivity contribution < 1.29 is 4.79 Å². The molecule has 4 aromatic rings. The molecule has 6 heteroatoms. The van der Waals surface area contributed by atoms with E-state index in [1.165, 1.54) is 0 Å². The van der Waals surface area contributed by atoms with Gasteiger partial charge in [-0.2, -0.15) is 0 Å². The van der Waals surface area contributed by atoms with Gasteiger partial charge in [0.15, 0.2) is 5.78 Å². The van der Waals surface area contributed by atoms with Crippen molar-refractivity contribution in [1.82, 2.24) is 20.0 Å². The summed E-state index contributed by atoms with van der Waals surface area (Å²) in [6.07, 6.45) is 3.64. The molecule has 0 amide bonds. The van der Waals surface area contributed by atoms with Crippen LogP contribution in [0.3, 0.4) is 0 Å². The second kappa shape index (κ2) is 7.84. The first-order chi connectivity index (χ1) is 13.7. The highest BCUT2D eigenvalue weighted by atomic mass is 16.1. The maximum absolute atomic E-state index is 12.5. The molecule has 6 nitrogen and oxygen atoms in total. The van der Waals surface area contributed by atoms with Crippen molar-refractivity contribution in [2.75, 3.05) is 5.32 Å². The molecule has 2 heterocycles. The summed E-state index contributed by atoms with van der Waals surface area (Å²) in [5, 5.41) is 11.7. The van der Waals surface area contributed by atoms with Crippen LogP contribution < -0.4 is 5.32 Å². The Morgan fingerprint density at radius 2 is 1.75 bits per heavy atom. The molecule has 138 valence electrons. The van der Waals surface area contributed by atoms with Crippen LogP contribution in [-0.4, -0.2) is 25.8 Å². The van der Waals surface area contributed by atoms with Crippen LogP contribution >= 0.6 is 0 Å². The summed E-state index contributed by atoms with van der Waals surface area (Å²) in [6, 6.07) is 20.5. The Labute approximate surface area is 162 Å². The summed E-state index contributed by atoms with van der Waals surface area (Å²) in [7, 11) is 0. The molecular weight excluding hydrogens is 350 g/mol. The first-order valence-corrected chi connectivity index (χ1v) is 8.97. The number of aryl methyl sites for hydroxylation is 1. The second-order valence-electron chi connectivity index (χ2n) is 6.44. The van der Waals surface area contributed by atoms with Crippen LogP contribution in [0.4, 0.5) is 5.69 Å². The molecule has 1 N–H and O–H groups in total. The molecule has 0 atom stereocenters. The Hall–Kier alpha value is -3.80. The van der Waals surface area contributed by atoms with Crippen molar-refractivity contribution in [3.8, 4) is 5.69 Å². The largest absolute Gasteiger partial charge is 0.379 e. The molecule has 0 fully saturated rings. The molecule has 0 bridgehead atoms. The molecule has 28 heavy (non-hydrogen) atoms. The number of hydrogen-bond donors (Lipinski definition) is 1. The van der Waals surface area contributed by atoms with Gasteiger partial charge in [0, 0.05) is 28.7 Å². The summed E-state index contributed by atoms with van der Waals surface area (Å²) >= 11 is 0. The van der Waals surface area contributed by atoms with Gasteiger partial charge in [0.05, 0.1) is 18.4 Å². The first kappa shape index (κ1) is 17.6. The fraction of sp³-hybridized carbons (Fsp3) is 0.0909. The normalized spacial score (nSPS) is 10.6. The van der Waals surface area contributed by atoms with Crippen LogP contribution in [0.5, 0.6) is 0 Å². The number of nitrogens with zero attached hydrogens (tertiary/aromatic N) is 4. The number of carbonyl (C=O) groups excluding carboxylic acids is 1. The Morgan fingerprint density at radius 3 is 2.50 bits per heavy atom. The highest BCUT2D eigenvalue weighted by Gasteiger charge is 2.09. The van der Waals surface area contributed by atoms with Crippen molar-refractivity contribution in [3.05, 3.63) is 102 Å². The van der Waals surface area contributed by atoms with Gasteiger partial charge < -0.3 is 5.32 Å². The van der Waals surface area contributed by atoms with Gasteiger partial charge in [-0.15, -0.1) is 5.10 Å². The van der Waals surface area contributed by atoms with Crippen molar-refractivity contribution in [2.45, 2.75) is 13.5 Å². The number of benzene rings is 2. The topological polar surface area (TPSA) is 72.7 Å². The first-order valence-electron chi connectivity index (χ1n) is 8.97. The number of carbonyl (C=O) groups is 1. The number of ketones is 1. The highest BCUT2D eigenvalue weighted by molar-refractivity contribution is 6.09. The predicted octanol–water partition coefficient (Wildman–Crippen LogP) is 3.81. The van der Waals surface area contributed by atoms with Gasteiger partial charge in [-0.05, 0) is 43.3 Å². The van der Waals surface area contributed by atoms with E-state index in [-0.39, 0.29) is 5.78 Å². The maximum Gasteiger partial charge on any atom is 0.193 e. The van der Waals surface area contributed by atoms with Crippen molar-refractivity contribution in [2.24, 2.45) is 0 Å². The lowest BCUT2D eigenvalue weighted by Crippen LogP contribution is -2.02. The van der Waals surface area contributed by atoms with Gasteiger partial charge in [-0.1, -0.05) is 35.5 Å². The Balaban J connectivity index is 1.44. The van der Waals surface area contributed by atoms with Gasteiger partial charge in [0.2, 0.25) is 0 Å². The lowest BCUT2D eigenvalue weighted by Gasteiger charge is -2.04. The second-order valence-corrected chi connectivity index (χ2v) is 6.44. The van der Waals surface area contributed by atoms with Crippen LogP contribution in [0.1, 0.15) is 27.3 Å². The van der Waals surface area contributed by atoms with Crippen molar-refractivity contribution in [1.29, 1.82) is 0 Å². The van der Waals surface area contributed by atoms with Crippen LogP contribution in [0.15, 0.2) is 79.1 Å². The van der Waals surface area contributed by atoms with Crippen LogP contribution in [0.25, 0.3) is 5.69 Å². The zero-order valence-electron chi connectivity index (χ0n) is 15.4. The minimum atomic E-state index is 0.00303. The predicted molar refractivity (Wildman–Crippen MR) is 108 cm³/mol. The van der Waals surface area contributed by atoms with Gasteiger partial charge in [-0.3, -0.25) is 9.78 Å². The van der Waals surface area contributed by atoms with E-state index < -0.39 is 0 Å². The summed E-state index contributed by atoms with van der Waals surface area (Å²) in [6.45, 7) is 2.52. The van der Waals surface area contributed by atoms with E-state index in [1.54, 1.807) is 10.9 Å². The lowest BCUT2D eigenvalue weighted by molar-refractivity contribution is 0.103. The average molecular weight is 369 g/mol. The summed E-state index contributed by atoms with van der Waals surface area (Å²) < 4.78 is 1.70. The Bertz CT molecular complexity index is 1090. The van der Waals surface area contributed by atoms with E-state index in [2.05, 4.69) is 20.6 Å². The number of pyridine rings is 1. The summed E-state index contributed by atoms with van der Waals surface area (Å²) in [4.78, 5) is 16.7. The Kier molecular flexibility index (Phi) is 4.93. The zero-order valence-corrected chi connectivity index (χ0v) is 15.4. The molecule has 0 aliphatic rings. The van der Waals surface area contributed by atoms with E-state index in [9.17, 15) is 4.79 Å². The minimum Gasteiger partial charge on any atom is -0.379 e. The molecule has 0 unspecified atom stereocenters. The quantitative estimate of drug-likeness (QED) is 0.523. The summed E-state index contributed by atoms with van der Waals surface area (Å²) in [5.74, 6) is 0.00303. The van der Waals surface area contributed by atoms with Crippen LogP contribution in [-0.2, 0) is 6.54 Å². The minimum absolute atomic E-state index is 0.00303. The molecule has 2 aromatic heterocycles. The highest BCUT2D eigenvalue weighted by Crippen LogP contribution is 2.14. The molecular formula is C22H19N5O. The van der Waals surface area contributed by atoms with E-state index in [0.717, 1.165) is 22.8 Å².